The van der Waals surface area contributed by atoms with E-state index in [1.807, 2.05) is 0 Å². The van der Waals surface area contributed by atoms with Crippen LogP contribution < -0.4 is 10.1 Å². The number of benzene rings is 2. The number of halogens is 3. The summed E-state index contributed by atoms with van der Waals surface area (Å²) < 4.78 is 18.7. The largest absolute Gasteiger partial charge is 0.494 e. The van der Waals surface area contributed by atoms with Gasteiger partial charge in [0.15, 0.2) is 0 Å². The molecule has 2 aromatic carbocycles. The molecule has 104 valence electrons. The molecule has 0 atom stereocenters. The van der Waals surface area contributed by atoms with E-state index in [2.05, 4.69) is 21.2 Å². The lowest BCUT2D eigenvalue weighted by atomic mass is 10.2. The molecule has 2 aromatic rings. The highest BCUT2D eigenvalue weighted by Gasteiger charge is 2.14. The summed E-state index contributed by atoms with van der Waals surface area (Å²) >= 11 is 9.31. The van der Waals surface area contributed by atoms with Gasteiger partial charge in [-0.2, -0.15) is 0 Å². The van der Waals surface area contributed by atoms with Crippen LogP contribution in [0.4, 0.5) is 10.1 Å². The van der Waals surface area contributed by atoms with Gasteiger partial charge in [-0.1, -0.05) is 17.7 Å². The molecule has 0 spiro atoms. The van der Waals surface area contributed by atoms with E-state index in [-0.39, 0.29) is 5.75 Å². The van der Waals surface area contributed by atoms with E-state index in [0.29, 0.717) is 20.7 Å². The van der Waals surface area contributed by atoms with E-state index in [1.54, 1.807) is 18.2 Å². The Kier molecular flexibility index (Phi) is 4.62. The third kappa shape index (κ3) is 3.11. The Hall–Kier alpha value is -1.59. The maximum absolute atomic E-state index is 13.1. The Labute approximate surface area is 128 Å². The van der Waals surface area contributed by atoms with Gasteiger partial charge in [-0.05, 0) is 40.2 Å². The van der Waals surface area contributed by atoms with Crippen molar-refractivity contribution in [3.63, 3.8) is 0 Å². The number of rotatable bonds is 3. The molecule has 0 aliphatic rings. The smallest absolute Gasteiger partial charge is 0.257 e. The number of hydrogen-bond acceptors (Lipinski definition) is 2. The maximum Gasteiger partial charge on any atom is 0.257 e. The van der Waals surface area contributed by atoms with E-state index in [4.69, 9.17) is 16.3 Å². The van der Waals surface area contributed by atoms with Crippen LogP contribution >= 0.6 is 27.5 Å². The summed E-state index contributed by atoms with van der Waals surface area (Å²) in [5.74, 6) is -0.606. The molecule has 0 unspecified atom stereocenters. The molecule has 0 aliphatic heterocycles. The summed E-state index contributed by atoms with van der Waals surface area (Å²) in [7, 11) is 1.40. The van der Waals surface area contributed by atoms with Crippen LogP contribution in [0.15, 0.2) is 40.9 Å². The zero-order valence-corrected chi connectivity index (χ0v) is 12.8. The molecule has 2 rings (SSSR count). The van der Waals surface area contributed by atoms with E-state index >= 15 is 0 Å². The normalized spacial score (nSPS) is 10.2. The molecule has 0 heterocycles. The number of ether oxygens (including phenoxy) is 1. The highest BCUT2D eigenvalue weighted by molar-refractivity contribution is 9.10. The molecule has 0 aromatic heterocycles. The number of anilines is 1. The number of carbonyl (C=O) groups is 1. The highest BCUT2D eigenvalue weighted by Crippen LogP contribution is 2.29. The van der Waals surface area contributed by atoms with Gasteiger partial charge in [0.05, 0.1) is 23.4 Å². The fraction of sp³-hybridized carbons (Fsp3) is 0.0714. The minimum Gasteiger partial charge on any atom is -0.494 e. The van der Waals surface area contributed by atoms with Crippen LogP contribution in [-0.4, -0.2) is 13.0 Å². The number of hydrogen-bond donors (Lipinski definition) is 1. The molecule has 6 heteroatoms. The molecular weight excluding hydrogens is 349 g/mol. The Morgan fingerprint density at radius 3 is 2.80 bits per heavy atom. The van der Waals surface area contributed by atoms with Crippen molar-refractivity contribution < 1.29 is 13.9 Å². The van der Waals surface area contributed by atoms with Crippen molar-refractivity contribution in [2.75, 3.05) is 12.4 Å². The molecule has 3 nitrogen and oxygen atoms in total. The van der Waals surface area contributed by atoms with Crippen LogP contribution in [0.1, 0.15) is 10.4 Å². The quantitative estimate of drug-likeness (QED) is 0.877. The van der Waals surface area contributed by atoms with Gasteiger partial charge in [-0.3, -0.25) is 4.79 Å². The number of methoxy groups -OCH3 is 1. The third-order valence-electron chi connectivity index (χ3n) is 2.61. The summed E-state index contributed by atoms with van der Waals surface area (Å²) in [5.41, 5.74) is 0.683. The maximum atomic E-state index is 13.1. The van der Waals surface area contributed by atoms with Crippen molar-refractivity contribution in [1.82, 2.24) is 0 Å². The van der Waals surface area contributed by atoms with Crippen molar-refractivity contribution in [2.24, 2.45) is 0 Å². The molecule has 0 fully saturated rings. The second-order valence-electron chi connectivity index (χ2n) is 3.90. The van der Waals surface area contributed by atoms with Crippen molar-refractivity contribution in [2.45, 2.75) is 0 Å². The molecule has 1 N–H and O–H groups in total. The molecule has 0 bridgehead atoms. The Bertz CT molecular complexity index is 664. The zero-order chi connectivity index (χ0) is 14.7. The van der Waals surface area contributed by atoms with Gasteiger partial charge in [0.25, 0.3) is 5.91 Å². The summed E-state index contributed by atoms with van der Waals surface area (Å²) in [6.07, 6.45) is 0. The van der Waals surface area contributed by atoms with Crippen LogP contribution in [0, 0.1) is 5.82 Å². The first-order chi connectivity index (χ1) is 9.52. The first kappa shape index (κ1) is 14.8. The van der Waals surface area contributed by atoms with Crippen molar-refractivity contribution >= 4 is 39.1 Å². The minimum absolute atomic E-state index is 0.240. The predicted octanol–water partition coefficient (Wildman–Crippen LogP) is 4.50. The first-order valence-electron chi connectivity index (χ1n) is 5.62. The van der Waals surface area contributed by atoms with Crippen LogP contribution in [0.2, 0.25) is 5.02 Å². The summed E-state index contributed by atoms with van der Waals surface area (Å²) in [6.45, 7) is 0. The summed E-state index contributed by atoms with van der Waals surface area (Å²) in [6, 6.07) is 8.89. The molecule has 0 saturated heterocycles. The zero-order valence-electron chi connectivity index (χ0n) is 10.4. The van der Waals surface area contributed by atoms with Crippen LogP contribution in [0.5, 0.6) is 5.75 Å². The third-order valence-corrected chi connectivity index (χ3v) is 3.90. The average Bonchev–Trinajstić information content (AvgIpc) is 2.43. The number of carbonyl (C=O) groups excluding carboxylic acids is 1. The van der Waals surface area contributed by atoms with Gasteiger partial charge in [0, 0.05) is 10.5 Å². The fourth-order valence-electron chi connectivity index (χ4n) is 1.64. The standard InChI is InChI=1S/C14H10BrClFNO2/c1-20-12-7-8(17)5-6-11(12)18-14(19)9-3-2-4-10(15)13(9)16/h2-7H,1H3,(H,18,19). The summed E-state index contributed by atoms with van der Waals surface area (Å²) in [4.78, 5) is 12.2. The lowest BCUT2D eigenvalue weighted by molar-refractivity contribution is 0.102. The monoisotopic (exact) mass is 357 g/mol. The number of amides is 1. The lowest BCUT2D eigenvalue weighted by Crippen LogP contribution is -2.13. The SMILES string of the molecule is COc1cc(F)ccc1NC(=O)c1cccc(Br)c1Cl. The second-order valence-corrected chi connectivity index (χ2v) is 5.13. The highest BCUT2D eigenvalue weighted by atomic mass is 79.9. The van der Waals surface area contributed by atoms with Gasteiger partial charge >= 0.3 is 0 Å². The topological polar surface area (TPSA) is 38.3 Å². The second kappa shape index (κ2) is 6.24. The van der Waals surface area contributed by atoms with Gasteiger partial charge in [-0.25, -0.2) is 4.39 Å². The molecule has 1 amide bonds. The Balaban J connectivity index is 2.30. The van der Waals surface area contributed by atoms with Gasteiger partial charge in [-0.15, -0.1) is 0 Å². The summed E-state index contributed by atoms with van der Waals surface area (Å²) in [5, 5.41) is 2.95. The molecule has 0 aliphatic carbocycles. The van der Waals surface area contributed by atoms with E-state index in [1.165, 1.54) is 25.3 Å². The van der Waals surface area contributed by atoms with E-state index < -0.39 is 11.7 Å². The van der Waals surface area contributed by atoms with Crippen molar-refractivity contribution in [3.8, 4) is 5.75 Å². The lowest BCUT2D eigenvalue weighted by Gasteiger charge is -2.11. The van der Waals surface area contributed by atoms with Gasteiger partial charge in [0.1, 0.15) is 11.6 Å². The minimum atomic E-state index is -0.444. The van der Waals surface area contributed by atoms with Crippen LogP contribution in [-0.2, 0) is 0 Å². The van der Waals surface area contributed by atoms with Crippen LogP contribution in [0.25, 0.3) is 0 Å². The van der Waals surface area contributed by atoms with E-state index in [9.17, 15) is 9.18 Å². The molecule has 20 heavy (non-hydrogen) atoms. The average molecular weight is 359 g/mol. The molecule has 0 radical (unpaired) electrons. The molecular formula is C14H10BrClFNO2. The number of nitrogens with one attached hydrogen (secondary N) is 1. The van der Waals surface area contributed by atoms with E-state index in [0.717, 1.165) is 0 Å². The first-order valence-corrected chi connectivity index (χ1v) is 6.79. The van der Waals surface area contributed by atoms with Gasteiger partial charge in [0.2, 0.25) is 0 Å². The van der Waals surface area contributed by atoms with Crippen molar-refractivity contribution in [3.05, 3.63) is 57.3 Å². The Morgan fingerprint density at radius 1 is 1.35 bits per heavy atom. The fourth-order valence-corrected chi connectivity index (χ4v) is 2.22. The van der Waals surface area contributed by atoms with Crippen molar-refractivity contribution in [1.29, 1.82) is 0 Å². The predicted molar refractivity (Wildman–Crippen MR) is 80.1 cm³/mol. The molecule has 0 saturated carbocycles. The Morgan fingerprint density at radius 2 is 2.10 bits per heavy atom. The van der Waals surface area contributed by atoms with Gasteiger partial charge < -0.3 is 10.1 Å². The van der Waals surface area contributed by atoms with Crippen LogP contribution in [0.3, 0.4) is 0 Å².